The van der Waals surface area contributed by atoms with Crippen molar-refractivity contribution in [3.05, 3.63) is 65.2 Å². The summed E-state index contributed by atoms with van der Waals surface area (Å²) in [5.74, 6) is -0.839. The Balaban J connectivity index is 2.05. The minimum absolute atomic E-state index is 0.0492. The van der Waals surface area contributed by atoms with Gasteiger partial charge in [-0.3, -0.25) is 9.69 Å². The van der Waals surface area contributed by atoms with Gasteiger partial charge in [0.25, 0.3) is 0 Å². The van der Waals surface area contributed by atoms with E-state index in [0.29, 0.717) is 0 Å². The molecule has 1 saturated heterocycles. The van der Waals surface area contributed by atoms with E-state index in [9.17, 15) is 26.4 Å². The summed E-state index contributed by atoms with van der Waals surface area (Å²) in [5.41, 5.74) is -0.117. The summed E-state index contributed by atoms with van der Waals surface area (Å²) in [5, 5.41) is 9.64. The van der Waals surface area contributed by atoms with Gasteiger partial charge in [-0.15, -0.1) is 0 Å². The van der Waals surface area contributed by atoms with Crippen molar-refractivity contribution < 1.29 is 26.4 Å². The van der Waals surface area contributed by atoms with E-state index >= 15 is 0 Å². The van der Waals surface area contributed by atoms with E-state index in [1.165, 1.54) is 48.5 Å². The summed E-state index contributed by atoms with van der Waals surface area (Å²) < 4.78 is 68.9. The number of rotatable bonds is 6. The van der Waals surface area contributed by atoms with Gasteiger partial charge in [0.1, 0.15) is 12.6 Å². The van der Waals surface area contributed by atoms with Gasteiger partial charge in [-0.05, 0) is 24.1 Å². The quantitative estimate of drug-likeness (QED) is 0.632. The molecule has 0 aromatic heterocycles. The van der Waals surface area contributed by atoms with E-state index in [2.05, 4.69) is 5.32 Å². The van der Waals surface area contributed by atoms with Crippen molar-refractivity contribution in [2.75, 3.05) is 13.1 Å². The van der Waals surface area contributed by atoms with Gasteiger partial charge in [0.2, 0.25) is 5.91 Å². The molecule has 2 aromatic carbocycles. The molecule has 3 atom stereocenters. The van der Waals surface area contributed by atoms with Crippen LogP contribution >= 0.6 is 11.6 Å². The Morgan fingerprint density at radius 1 is 1.19 bits per heavy atom. The second-order valence-corrected chi connectivity index (χ2v) is 9.88. The fourth-order valence-electron chi connectivity index (χ4n) is 3.89. The Morgan fingerprint density at radius 2 is 1.81 bits per heavy atom. The lowest BCUT2D eigenvalue weighted by molar-refractivity contribution is -0.189. The van der Waals surface area contributed by atoms with Crippen LogP contribution < -0.4 is 5.32 Å². The summed E-state index contributed by atoms with van der Waals surface area (Å²) in [6.45, 7) is -0.940. The highest BCUT2D eigenvalue weighted by molar-refractivity contribution is 7.92. The third kappa shape index (κ3) is 4.90. The highest BCUT2D eigenvalue weighted by Gasteiger charge is 2.53. The molecule has 170 valence electrons. The second kappa shape index (κ2) is 9.48. The minimum Gasteiger partial charge on any atom is -0.342 e. The molecule has 0 saturated carbocycles. The molecule has 3 rings (SSSR count). The maximum Gasteiger partial charge on any atom is 0.408 e. The van der Waals surface area contributed by atoms with Crippen LogP contribution in [0.15, 0.2) is 59.5 Å². The van der Waals surface area contributed by atoms with Gasteiger partial charge in [0.15, 0.2) is 9.84 Å². The molecule has 0 aliphatic carbocycles. The van der Waals surface area contributed by atoms with E-state index in [-0.39, 0.29) is 21.9 Å². The van der Waals surface area contributed by atoms with Crippen LogP contribution in [0.2, 0.25) is 5.02 Å². The van der Waals surface area contributed by atoms with Crippen molar-refractivity contribution in [2.24, 2.45) is 0 Å². The molecular weight excluding hydrogens is 467 g/mol. The third-order valence-electron chi connectivity index (χ3n) is 5.28. The molecule has 1 unspecified atom stereocenters. The molecule has 1 N–H and O–H groups in total. The monoisotopic (exact) mass is 485 g/mol. The highest BCUT2D eigenvalue weighted by Crippen LogP contribution is 2.43. The number of halogens is 4. The predicted octanol–water partition coefficient (Wildman–Crippen LogP) is 3.50. The van der Waals surface area contributed by atoms with E-state index in [0.717, 1.165) is 4.90 Å². The fraction of sp³-hybridized carbons (Fsp3) is 0.333. The maximum atomic E-state index is 14.2. The van der Waals surface area contributed by atoms with Crippen LogP contribution in [-0.2, 0) is 14.6 Å². The molecule has 0 bridgehead atoms. The van der Waals surface area contributed by atoms with Crippen LogP contribution in [-0.4, -0.2) is 49.8 Å². The molecule has 2 aromatic rings. The molecular formula is C21H19ClF3N3O3S. The van der Waals surface area contributed by atoms with Gasteiger partial charge in [-0.1, -0.05) is 54.1 Å². The number of carbonyl (C=O) groups is 1. The zero-order valence-corrected chi connectivity index (χ0v) is 18.2. The minimum atomic E-state index is -4.78. The largest absolute Gasteiger partial charge is 0.408 e. The lowest BCUT2D eigenvalue weighted by Crippen LogP contribution is -2.48. The van der Waals surface area contributed by atoms with Crippen LogP contribution in [0.1, 0.15) is 18.0 Å². The predicted molar refractivity (Wildman–Crippen MR) is 111 cm³/mol. The van der Waals surface area contributed by atoms with E-state index in [1.54, 1.807) is 12.1 Å². The van der Waals surface area contributed by atoms with Crippen LogP contribution in [0, 0.1) is 11.3 Å². The summed E-state index contributed by atoms with van der Waals surface area (Å²) in [4.78, 5) is 13.3. The zero-order valence-electron chi connectivity index (χ0n) is 16.6. The van der Waals surface area contributed by atoms with Crippen LogP contribution in [0.5, 0.6) is 0 Å². The first-order chi connectivity index (χ1) is 15.1. The molecule has 1 heterocycles. The van der Waals surface area contributed by atoms with E-state index < -0.39 is 52.3 Å². The number of hydrogen-bond acceptors (Lipinski definition) is 5. The first kappa shape index (κ1) is 24.0. The molecule has 32 heavy (non-hydrogen) atoms. The van der Waals surface area contributed by atoms with Crippen molar-refractivity contribution in [1.82, 2.24) is 10.2 Å². The number of hydrogen-bond donors (Lipinski definition) is 1. The van der Waals surface area contributed by atoms with Gasteiger partial charge in [-0.25, -0.2) is 8.42 Å². The highest BCUT2D eigenvalue weighted by atomic mass is 35.5. The Hall–Kier alpha value is -2.61. The van der Waals surface area contributed by atoms with Gasteiger partial charge in [0.05, 0.1) is 27.3 Å². The van der Waals surface area contributed by atoms with Crippen LogP contribution in [0.25, 0.3) is 0 Å². The number of alkyl halides is 3. The molecule has 1 aliphatic rings. The van der Waals surface area contributed by atoms with Gasteiger partial charge >= 0.3 is 6.18 Å². The molecule has 1 fully saturated rings. The van der Waals surface area contributed by atoms with Crippen LogP contribution in [0.3, 0.4) is 0 Å². The Kier molecular flexibility index (Phi) is 7.12. The van der Waals surface area contributed by atoms with Gasteiger partial charge in [-0.2, -0.15) is 18.4 Å². The summed E-state index contributed by atoms with van der Waals surface area (Å²) >= 11 is 6.03. The first-order valence-corrected chi connectivity index (χ1v) is 11.5. The number of nitrogens with zero attached hydrogens (tertiary/aromatic N) is 2. The lowest BCUT2D eigenvalue weighted by atomic mass is 10.0. The fourth-order valence-corrected chi connectivity index (χ4v) is 6.12. The van der Waals surface area contributed by atoms with Crippen molar-refractivity contribution >= 4 is 27.3 Å². The Bertz CT molecular complexity index is 1120. The Labute approximate surface area is 188 Å². The molecule has 1 aliphatic heterocycles. The Morgan fingerprint density at radius 3 is 2.41 bits per heavy atom. The van der Waals surface area contributed by atoms with Crippen molar-refractivity contribution in [2.45, 2.75) is 34.8 Å². The summed E-state index contributed by atoms with van der Waals surface area (Å²) in [7, 11) is -4.14. The summed E-state index contributed by atoms with van der Waals surface area (Å²) in [6.07, 6.45) is -5.15. The SMILES string of the molecule is N#CCNC(=O)[C@@H]1C[C@@H](S(=O)(=O)c2ccccc2Cl)CN1C(c1ccccc1)C(F)(F)F. The van der Waals surface area contributed by atoms with Crippen molar-refractivity contribution in [1.29, 1.82) is 5.26 Å². The van der Waals surface area contributed by atoms with E-state index in [4.69, 9.17) is 16.9 Å². The summed E-state index contributed by atoms with van der Waals surface area (Å²) in [6, 6.07) is 10.7. The number of sulfone groups is 1. The number of benzene rings is 2. The third-order valence-corrected chi connectivity index (χ3v) is 7.91. The lowest BCUT2D eigenvalue weighted by Gasteiger charge is -2.33. The standard InChI is InChI=1S/C21H19ClF3N3O3S/c22-16-8-4-5-9-18(16)32(30,31)15-12-17(20(29)27-11-10-26)28(13-15)19(21(23,24)25)14-6-2-1-3-7-14/h1-9,15,17,19H,11-13H2,(H,27,29)/t15-,17+,19?/m1/s1. The van der Waals surface area contributed by atoms with Crippen molar-refractivity contribution in [3.63, 3.8) is 0 Å². The van der Waals surface area contributed by atoms with Gasteiger partial charge in [0, 0.05) is 6.54 Å². The maximum absolute atomic E-state index is 14.2. The molecule has 0 radical (unpaired) electrons. The van der Waals surface area contributed by atoms with Crippen molar-refractivity contribution in [3.8, 4) is 6.07 Å². The number of nitriles is 1. The average molecular weight is 486 g/mol. The number of likely N-dealkylation sites (tertiary alicyclic amines) is 1. The smallest absolute Gasteiger partial charge is 0.342 e. The second-order valence-electron chi connectivity index (χ2n) is 7.28. The first-order valence-electron chi connectivity index (χ1n) is 9.58. The zero-order chi connectivity index (χ0) is 23.5. The number of nitrogens with one attached hydrogen (secondary N) is 1. The molecule has 6 nitrogen and oxygen atoms in total. The van der Waals surface area contributed by atoms with Gasteiger partial charge < -0.3 is 5.32 Å². The average Bonchev–Trinajstić information content (AvgIpc) is 3.17. The van der Waals surface area contributed by atoms with Crippen LogP contribution in [0.4, 0.5) is 13.2 Å². The number of carbonyl (C=O) groups excluding carboxylic acids is 1. The topological polar surface area (TPSA) is 90.3 Å². The molecule has 1 amide bonds. The molecule has 11 heteroatoms. The van der Waals surface area contributed by atoms with E-state index in [1.807, 2.05) is 0 Å². The normalized spacial score (nSPS) is 20.5. The molecule has 0 spiro atoms. The number of amides is 1.